The molecule has 0 saturated carbocycles. The van der Waals surface area contributed by atoms with Gasteiger partial charge in [-0.3, -0.25) is 9.97 Å². The van der Waals surface area contributed by atoms with Gasteiger partial charge in [-0.2, -0.15) is 0 Å². The molecule has 8 heterocycles. The predicted octanol–water partition coefficient (Wildman–Crippen LogP) is 31.8. The fourth-order valence-electron chi connectivity index (χ4n) is 18.3. The van der Waals surface area contributed by atoms with Gasteiger partial charge in [-0.25, -0.2) is 59.8 Å². The van der Waals surface area contributed by atoms with Gasteiger partial charge in [0.15, 0.2) is 69.2 Å². The first-order valence-corrected chi connectivity index (χ1v) is 47.8. The van der Waals surface area contributed by atoms with Crippen LogP contribution in [0, 0.1) is 13.8 Å². The highest BCUT2D eigenvalue weighted by atomic mass is 16.4. The van der Waals surface area contributed by atoms with Crippen LogP contribution >= 0.6 is 0 Å². The number of aromatic nitrogens is 14. The molecular formula is C128H84N14O3. The van der Waals surface area contributed by atoms with Crippen molar-refractivity contribution in [2.45, 2.75) is 13.8 Å². The van der Waals surface area contributed by atoms with Crippen molar-refractivity contribution in [3.8, 4) is 204 Å². The fraction of sp³-hybridized carbons (Fsp3) is 0.0156. The summed E-state index contributed by atoms with van der Waals surface area (Å²) in [4.78, 5) is 68.8. The Balaban J connectivity index is 0.000000117. The Morgan fingerprint density at radius 1 is 0.166 bits per heavy atom. The molecule has 0 aliphatic carbocycles. The zero-order valence-corrected chi connectivity index (χ0v) is 78.5. The van der Waals surface area contributed by atoms with Crippen LogP contribution in [-0.2, 0) is 0 Å². The van der Waals surface area contributed by atoms with Crippen molar-refractivity contribution in [3.05, 3.63) is 485 Å². The molecule has 684 valence electrons. The number of pyridine rings is 2. The SMILES string of the molecule is Cc1ccc(-c2cc(-c3ccc4nc(-c5ccccc5)oc4c3)cc(-c3nc(-c4ccccc4)nc(-c4ccccc4)n3)c2)c(C)n1.c1ccc(-c2nc(-c3ccccc3)nc(-c3cc(-c4ccc5nc(-c6ccccc6)oc5c4)cc(-c4cccc5ccccc45)c3)n2)cc1.c1ccc(-c2nc(-c3ccccc3)nc(-c3cc(-c4ccc5nc(-c6ccccc6)oc5c4)cc(-c4cccc5cccnc45)c3)n2)cc1. The number of aryl methyl sites for hydroxylation is 2. The highest BCUT2D eigenvalue weighted by Gasteiger charge is 2.24. The summed E-state index contributed by atoms with van der Waals surface area (Å²) in [6.07, 6.45) is 1.84. The van der Waals surface area contributed by atoms with Crippen molar-refractivity contribution >= 4 is 55.0 Å². The van der Waals surface area contributed by atoms with E-state index >= 15 is 0 Å². The molecule has 0 bridgehead atoms. The van der Waals surface area contributed by atoms with E-state index in [4.69, 9.17) is 83.0 Å². The number of oxazole rings is 3. The average Bonchev–Trinajstić information content (AvgIpc) is 0.901. The van der Waals surface area contributed by atoms with Crippen LogP contribution < -0.4 is 0 Å². The Labute approximate surface area is 834 Å². The van der Waals surface area contributed by atoms with E-state index in [9.17, 15) is 0 Å². The summed E-state index contributed by atoms with van der Waals surface area (Å²) in [5.74, 6) is 7.26. The number of rotatable bonds is 18. The summed E-state index contributed by atoms with van der Waals surface area (Å²) in [7, 11) is 0. The van der Waals surface area contributed by atoms with Crippen molar-refractivity contribution < 1.29 is 13.3 Å². The topological polar surface area (TPSA) is 220 Å². The summed E-state index contributed by atoms with van der Waals surface area (Å²) >= 11 is 0. The lowest BCUT2D eigenvalue weighted by Gasteiger charge is -2.13. The molecule has 0 aliphatic rings. The molecule has 0 spiro atoms. The molecule has 0 atom stereocenters. The summed E-state index contributed by atoms with van der Waals surface area (Å²) in [6.45, 7) is 4.06. The van der Waals surface area contributed by atoms with Gasteiger partial charge >= 0.3 is 0 Å². The molecule has 0 saturated heterocycles. The first-order chi connectivity index (χ1) is 71.6. The Bertz CT molecular complexity index is 8720. The highest BCUT2D eigenvalue weighted by Crippen LogP contribution is 2.43. The number of fused-ring (bicyclic) bond motifs is 5. The minimum Gasteiger partial charge on any atom is -0.436 e. The normalized spacial score (nSPS) is 11.2. The van der Waals surface area contributed by atoms with Gasteiger partial charge in [0.2, 0.25) is 17.7 Å². The molecule has 8 aromatic heterocycles. The largest absolute Gasteiger partial charge is 0.436 e. The molecule has 0 amide bonds. The Hall–Kier alpha value is -19.8. The molecule has 0 radical (unpaired) electrons. The Morgan fingerprint density at radius 3 is 0.779 bits per heavy atom. The first-order valence-electron chi connectivity index (χ1n) is 47.8. The number of para-hydroxylation sites is 1. The van der Waals surface area contributed by atoms with E-state index in [-0.39, 0.29) is 0 Å². The minimum absolute atomic E-state index is 0.580. The molecule has 0 fully saturated rings. The molecule has 26 rings (SSSR count). The maximum Gasteiger partial charge on any atom is 0.227 e. The van der Waals surface area contributed by atoms with E-state index in [0.717, 1.165) is 184 Å². The lowest BCUT2D eigenvalue weighted by Crippen LogP contribution is -2.00. The van der Waals surface area contributed by atoms with Gasteiger partial charge in [0.1, 0.15) is 16.6 Å². The van der Waals surface area contributed by atoms with Crippen LogP contribution in [0.1, 0.15) is 11.4 Å². The minimum atomic E-state index is 0.580. The van der Waals surface area contributed by atoms with Crippen LogP contribution in [0.2, 0.25) is 0 Å². The van der Waals surface area contributed by atoms with Crippen molar-refractivity contribution in [2.24, 2.45) is 0 Å². The predicted molar refractivity (Wildman–Crippen MR) is 580 cm³/mol. The smallest absolute Gasteiger partial charge is 0.227 e. The monoisotopic (exact) mass is 1860 g/mol. The number of nitrogens with zero attached hydrogens (tertiary/aromatic N) is 14. The van der Waals surface area contributed by atoms with Gasteiger partial charge in [-0.15, -0.1) is 0 Å². The molecule has 0 aliphatic heterocycles. The van der Waals surface area contributed by atoms with E-state index in [2.05, 4.69) is 164 Å². The van der Waals surface area contributed by atoms with Gasteiger partial charge in [0, 0.05) is 101 Å². The third-order valence-corrected chi connectivity index (χ3v) is 25.5. The van der Waals surface area contributed by atoms with Crippen molar-refractivity contribution in [2.75, 3.05) is 0 Å². The van der Waals surface area contributed by atoms with Gasteiger partial charge in [-0.1, -0.05) is 328 Å². The zero-order chi connectivity index (χ0) is 96.9. The Morgan fingerprint density at radius 2 is 0.434 bits per heavy atom. The molecule has 17 nitrogen and oxygen atoms in total. The maximum atomic E-state index is 6.29. The van der Waals surface area contributed by atoms with Crippen molar-refractivity contribution in [3.63, 3.8) is 0 Å². The van der Waals surface area contributed by atoms with Gasteiger partial charge in [-0.05, 0) is 220 Å². The number of hydrogen-bond acceptors (Lipinski definition) is 17. The highest BCUT2D eigenvalue weighted by molar-refractivity contribution is 6.00. The quantitative estimate of drug-likeness (QED) is 0.0779. The summed E-state index contributed by atoms with van der Waals surface area (Å²) in [6, 6.07) is 158. The first kappa shape index (κ1) is 88.0. The molecule has 17 heteroatoms. The molecule has 145 heavy (non-hydrogen) atoms. The zero-order valence-electron chi connectivity index (χ0n) is 78.5. The van der Waals surface area contributed by atoms with Crippen LogP contribution in [0.5, 0.6) is 0 Å². The molecule has 18 aromatic carbocycles. The van der Waals surface area contributed by atoms with Crippen molar-refractivity contribution in [1.82, 2.24) is 69.8 Å². The van der Waals surface area contributed by atoms with Gasteiger partial charge < -0.3 is 13.3 Å². The lowest BCUT2D eigenvalue weighted by molar-refractivity contribution is 0.619. The second-order valence-corrected chi connectivity index (χ2v) is 35.2. The maximum absolute atomic E-state index is 6.29. The second-order valence-electron chi connectivity index (χ2n) is 35.2. The third kappa shape index (κ3) is 18.8. The molecule has 0 unspecified atom stereocenters. The molecule has 0 N–H and O–H groups in total. The van der Waals surface area contributed by atoms with Crippen LogP contribution in [0.4, 0.5) is 0 Å². The van der Waals surface area contributed by atoms with Crippen LogP contribution in [0.15, 0.2) is 487 Å². The van der Waals surface area contributed by atoms with E-state index in [0.29, 0.717) is 75.7 Å². The molecule has 26 aromatic rings. The average molecular weight is 1870 g/mol. The van der Waals surface area contributed by atoms with Crippen LogP contribution in [0.25, 0.3) is 259 Å². The van der Waals surface area contributed by atoms with Crippen molar-refractivity contribution in [1.29, 1.82) is 0 Å². The van der Waals surface area contributed by atoms with E-state index < -0.39 is 0 Å². The van der Waals surface area contributed by atoms with E-state index in [1.807, 2.05) is 323 Å². The van der Waals surface area contributed by atoms with Gasteiger partial charge in [0.05, 0.1) is 5.52 Å². The number of benzene rings is 18. The van der Waals surface area contributed by atoms with Crippen LogP contribution in [-0.4, -0.2) is 69.8 Å². The van der Waals surface area contributed by atoms with Gasteiger partial charge in [0.25, 0.3) is 0 Å². The number of hydrogen-bond donors (Lipinski definition) is 0. The fourth-order valence-corrected chi connectivity index (χ4v) is 18.3. The standard InChI is InChI=1S/C44H28N4O.C43H27N5O.C41H29N5O/c1-4-14-30(15-5-1)41-46-42(31-16-6-2-7-17-31)48-43(47-41)36-26-34(25-35(27-36)38-22-12-20-29-13-10-11-21-37(29)38)33-23-24-39-40(28-33)49-44(45-39)32-18-8-3-9-19-32;1-4-12-29(13-5-1)40-46-41(30-14-6-2-7-15-30)48-42(47-40)35-25-33(24-34(26-35)36-20-10-18-28-19-11-23-44-39(28)36)32-21-22-37-38(27-32)49-43(45-37)31-16-8-3-9-17-31;1-26-18-20-35(27(2)42-26)33-22-32(31-19-21-36-37(25-31)47-41(43-36)30-16-10-5-11-17-30)23-34(24-33)40-45-38(28-12-6-3-7-13-28)44-39(46-40)29-14-8-4-9-15-29/h1-28H;1-27H;3-25H,1-2H3. The summed E-state index contributed by atoms with van der Waals surface area (Å²) in [5, 5.41) is 3.43. The molecular weight excluding hydrogens is 1780 g/mol. The second kappa shape index (κ2) is 39.2. The van der Waals surface area contributed by atoms with E-state index in [1.165, 1.54) is 10.8 Å². The summed E-state index contributed by atoms with van der Waals surface area (Å²) < 4.78 is 18.8. The lowest BCUT2D eigenvalue weighted by atomic mass is 9.93. The third-order valence-electron chi connectivity index (χ3n) is 25.5. The summed E-state index contributed by atoms with van der Waals surface area (Å²) in [5.41, 5.74) is 30.7. The van der Waals surface area contributed by atoms with E-state index in [1.54, 1.807) is 0 Å². The Kier molecular flexibility index (Phi) is 23.8. The van der Waals surface area contributed by atoms with Crippen LogP contribution in [0.3, 0.4) is 0 Å².